The second-order valence-corrected chi connectivity index (χ2v) is 6.18. The van der Waals surface area contributed by atoms with Crippen LogP contribution in [0.4, 0.5) is 0 Å². The van der Waals surface area contributed by atoms with Crippen LogP contribution in [-0.2, 0) is 4.79 Å². The number of unbranched alkanes of at least 4 members (excludes halogenated alkanes) is 11. The van der Waals surface area contributed by atoms with Gasteiger partial charge in [0.1, 0.15) is 0 Å². The smallest absolute Gasteiger partial charge is 0.219 e. The highest BCUT2D eigenvalue weighted by atomic mass is 16.1. The first-order valence-electron chi connectivity index (χ1n) is 9.52. The Hall–Kier alpha value is -0.790. The van der Waals surface area contributed by atoms with Crippen LogP contribution >= 0.6 is 0 Å². The maximum absolute atomic E-state index is 11.2. The molecule has 0 unspecified atom stereocenters. The molecule has 0 saturated heterocycles. The summed E-state index contributed by atoms with van der Waals surface area (Å²) in [6.07, 6.45) is 22.2. The standard InChI is InChI=1S/C20H38NO/c1-3-5-6-7-8-9-10-11-12-13-14-15-16-17-18-19-20(22)21-4-2/h11-12H,2-10,13-19H2,1H3,(H,21,22)/b12-11-. The van der Waals surface area contributed by atoms with E-state index in [0.717, 1.165) is 6.42 Å². The molecule has 0 atom stereocenters. The minimum atomic E-state index is 0.146. The van der Waals surface area contributed by atoms with Gasteiger partial charge in [-0.05, 0) is 39.0 Å². The van der Waals surface area contributed by atoms with Crippen LogP contribution in [0.1, 0.15) is 96.8 Å². The van der Waals surface area contributed by atoms with Crippen molar-refractivity contribution in [2.75, 3.05) is 6.54 Å². The van der Waals surface area contributed by atoms with Crippen LogP contribution in [0, 0.1) is 6.92 Å². The first-order valence-corrected chi connectivity index (χ1v) is 9.52. The van der Waals surface area contributed by atoms with Crippen molar-refractivity contribution >= 4 is 5.91 Å². The summed E-state index contributed by atoms with van der Waals surface area (Å²) >= 11 is 0. The van der Waals surface area contributed by atoms with Crippen molar-refractivity contribution in [3.63, 3.8) is 0 Å². The van der Waals surface area contributed by atoms with Crippen molar-refractivity contribution in [3.8, 4) is 0 Å². The summed E-state index contributed by atoms with van der Waals surface area (Å²) in [6.45, 7) is 6.38. The van der Waals surface area contributed by atoms with Crippen molar-refractivity contribution in [2.24, 2.45) is 0 Å². The van der Waals surface area contributed by atoms with Crippen molar-refractivity contribution in [2.45, 2.75) is 96.8 Å². The third-order valence-corrected chi connectivity index (χ3v) is 3.99. The molecular weight excluding hydrogens is 270 g/mol. The van der Waals surface area contributed by atoms with E-state index >= 15 is 0 Å². The van der Waals surface area contributed by atoms with Crippen molar-refractivity contribution in [1.82, 2.24) is 5.32 Å². The van der Waals surface area contributed by atoms with Gasteiger partial charge in [-0.2, -0.15) is 0 Å². The lowest BCUT2D eigenvalue weighted by atomic mass is 10.1. The van der Waals surface area contributed by atoms with Gasteiger partial charge in [0.05, 0.1) is 0 Å². The molecule has 0 heterocycles. The lowest BCUT2D eigenvalue weighted by Crippen LogP contribution is -2.22. The first kappa shape index (κ1) is 21.2. The van der Waals surface area contributed by atoms with E-state index in [0.29, 0.717) is 13.0 Å². The van der Waals surface area contributed by atoms with Crippen LogP contribution in [0.15, 0.2) is 12.2 Å². The number of rotatable bonds is 16. The molecule has 1 radical (unpaired) electrons. The molecule has 2 nitrogen and oxygen atoms in total. The van der Waals surface area contributed by atoms with Gasteiger partial charge in [-0.3, -0.25) is 4.79 Å². The van der Waals surface area contributed by atoms with Gasteiger partial charge >= 0.3 is 0 Å². The van der Waals surface area contributed by atoms with E-state index in [9.17, 15) is 4.79 Å². The number of nitrogens with one attached hydrogen (secondary N) is 1. The van der Waals surface area contributed by atoms with Crippen LogP contribution in [0.3, 0.4) is 0 Å². The van der Waals surface area contributed by atoms with Gasteiger partial charge in [-0.15, -0.1) is 0 Å². The highest BCUT2D eigenvalue weighted by Crippen LogP contribution is 2.09. The molecule has 22 heavy (non-hydrogen) atoms. The van der Waals surface area contributed by atoms with Crippen molar-refractivity contribution < 1.29 is 4.79 Å². The molecule has 0 spiro atoms. The molecule has 0 aliphatic rings. The van der Waals surface area contributed by atoms with E-state index < -0.39 is 0 Å². The summed E-state index contributed by atoms with van der Waals surface area (Å²) in [7, 11) is 0. The predicted molar refractivity (Wildman–Crippen MR) is 97.8 cm³/mol. The van der Waals surface area contributed by atoms with Crippen LogP contribution in [0.25, 0.3) is 0 Å². The molecule has 0 fully saturated rings. The van der Waals surface area contributed by atoms with Gasteiger partial charge in [0.15, 0.2) is 0 Å². The molecule has 2 heteroatoms. The van der Waals surface area contributed by atoms with Crippen molar-refractivity contribution in [1.29, 1.82) is 0 Å². The molecule has 0 aromatic heterocycles. The normalized spacial score (nSPS) is 11.2. The SMILES string of the molecule is [CH2]CNC(=O)CCCCCCC/C=C\CCCCCCCC. The Kier molecular flexibility index (Phi) is 17.6. The van der Waals surface area contributed by atoms with E-state index in [-0.39, 0.29) is 5.91 Å². The van der Waals surface area contributed by atoms with E-state index in [1.54, 1.807) is 0 Å². The minimum Gasteiger partial charge on any atom is -0.356 e. The molecule has 0 aliphatic carbocycles. The molecule has 1 amide bonds. The Bertz CT molecular complexity index is 260. The Balaban J connectivity index is 3.12. The zero-order chi connectivity index (χ0) is 16.3. The number of amides is 1. The number of carbonyl (C=O) groups excluding carboxylic acids is 1. The maximum atomic E-state index is 11.2. The summed E-state index contributed by atoms with van der Waals surface area (Å²) in [4.78, 5) is 11.2. The zero-order valence-corrected chi connectivity index (χ0v) is 14.9. The molecule has 1 N–H and O–H groups in total. The van der Waals surface area contributed by atoms with Gasteiger partial charge in [0, 0.05) is 13.0 Å². The van der Waals surface area contributed by atoms with Gasteiger partial charge in [-0.25, -0.2) is 0 Å². The largest absolute Gasteiger partial charge is 0.356 e. The first-order chi connectivity index (χ1) is 10.8. The number of carbonyl (C=O) groups is 1. The maximum Gasteiger partial charge on any atom is 0.219 e. The highest BCUT2D eigenvalue weighted by molar-refractivity contribution is 5.75. The summed E-state index contributed by atoms with van der Waals surface area (Å²) in [6, 6.07) is 0. The molecule has 0 saturated carbocycles. The van der Waals surface area contributed by atoms with E-state index in [1.165, 1.54) is 77.0 Å². The Morgan fingerprint density at radius 1 is 0.818 bits per heavy atom. The third-order valence-electron chi connectivity index (χ3n) is 3.99. The average Bonchev–Trinajstić information content (AvgIpc) is 2.51. The average molecular weight is 309 g/mol. The number of allylic oxidation sites excluding steroid dienone is 2. The molecule has 0 aromatic rings. The Morgan fingerprint density at radius 3 is 1.86 bits per heavy atom. The molecule has 0 aromatic carbocycles. The van der Waals surface area contributed by atoms with Crippen LogP contribution in [-0.4, -0.2) is 12.5 Å². The quantitative estimate of drug-likeness (QED) is 0.276. The highest BCUT2D eigenvalue weighted by Gasteiger charge is 1.98. The topological polar surface area (TPSA) is 29.1 Å². The minimum absolute atomic E-state index is 0.146. The molecule has 0 aliphatic heterocycles. The van der Waals surface area contributed by atoms with Gasteiger partial charge in [-0.1, -0.05) is 70.4 Å². The third kappa shape index (κ3) is 17.3. The fourth-order valence-electron chi connectivity index (χ4n) is 2.58. The summed E-state index contributed by atoms with van der Waals surface area (Å²) in [5, 5.41) is 2.74. The molecular formula is C20H38NO. The van der Waals surface area contributed by atoms with E-state index in [2.05, 4.69) is 31.3 Å². The number of hydrogen-bond acceptors (Lipinski definition) is 1. The van der Waals surface area contributed by atoms with Crippen LogP contribution in [0.2, 0.25) is 0 Å². The number of hydrogen-bond donors (Lipinski definition) is 1. The van der Waals surface area contributed by atoms with Crippen LogP contribution < -0.4 is 5.32 Å². The Labute approximate surface area is 139 Å². The van der Waals surface area contributed by atoms with E-state index in [1.807, 2.05) is 0 Å². The lowest BCUT2D eigenvalue weighted by Gasteiger charge is -2.02. The second kappa shape index (κ2) is 18.3. The fourth-order valence-corrected chi connectivity index (χ4v) is 2.58. The summed E-state index contributed by atoms with van der Waals surface area (Å²) in [5.74, 6) is 0.146. The van der Waals surface area contributed by atoms with Gasteiger partial charge < -0.3 is 5.32 Å². The van der Waals surface area contributed by atoms with Gasteiger partial charge in [0.25, 0.3) is 0 Å². The van der Waals surface area contributed by atoms with Gasteiger partial charge in [0.2, 0.25) is 5.91 Å². The lowest BCUT2D eigenvalue weighted by molar-refractivity contribution is -0.121. The fraction of sp³-hybridized carbons (Fsp3) is 0.800. The molecule has 0 rings (SSSR count). The molecule has 129 valence electrons. The summed E-state index contributed by atoms with van der Waals surface area (Å²) < 4.78 is 0. The predicted octanol–water partition coefficient (Wildman–Crippen LogP) is 5.97. The molecule has 0 bridgehead atoms. The monoisotopic (exact) mass is 308 g/mol. The van der Waals surface area contributed by atoms with Crippen LogP contribution in [0.5, 0.6) is 0 Å². The second-order valence-electron chi connectivity index (χ2n) is 6.18. The van der Waals surface area contributed by atoms with E-state index in [4.69, 9.17) is 0 Å². The zero-order valence-electron chi connectivity index (χ0n) is 14.9. The Morgan fingerprint density at radius 2 is 1.32 bits per heavy atom. The summed E-state index contributed by atoms with van der Waals surface area (Å²) in [5.41, 5.74) is 0. The van der Waals surface area contributed by atoms with Crippen molar-refractivity contribution in [3.05, 3.63) is 19.1 Å².